The van der Waals surface area contributed by atoms with Crippen molar-refractivity contribution in [1.29, 1.82) is 0 Å². The summed E-state index contributed by atoms with van der Waals surface area (Å²) in [5, 5.41) is 9.21. The number of amides is 1. The third-order valence-electron chi connectivity index (χ3n) is 4.52. The van der Waals surface area contributed by atoms with Crippen LogP contribution in [0.15, 0.2) is 43.7 Å². The van der Waals surface area contributed by atoms with Gasteiger partial charge in [-0.1, -0.05) is 18.2 Å². The molecule has 0 bridgehead atoms. The number of anilines is 1. The van der Waals surface area contributed by atoms with Crippen LogP contribution in [-0.2, 0) is 24.3 Å². The van der Waals surface area contributed by atoms with Crippen molar-refractivity contribution in [3.63, 3.8) is 0 Å². The van der Waals surface area contributed by atoms with E-state index in [0.717, 1.165) is 46.4 Å². The normalized spacial score (nSPS) is 13.8. The van der Waals surface area contributed by atoms with Crippen LogP contribution in [0.25, 0.3) is 0 Å². The summed E-state index contributed by atoms with van der Waals surface area (Å²) < 4.78 is 3.96. The van der Waals surface area contributed by atoms with Gasteiger partial charge in [-0.15, -0.1) is 11.3 Å². The predicted octanol–water partition coefficient (Wildman–Crippen LogP) is 3.33. The van der Waals surface area contributed by atoms with Crippen LogP contribution >= 0.6 is 23.1 Å². The smallest absolute Gasteiger partial charge is 0.324 e. The van der Waals surface area contributed by atoms with Crippen molar-refractivity contribution < 1.29 is 4.79 Å². The Hall–Kier alpha value is -2.39. The average molecular weight is 416 g/mol. The number of carbonyl (C=O) groups is 1. The lowest BCUT2D eigenvalue weighted by atomic mass is 10.2. The van der Waals surface area contributed by atoms with Crippen molar-refractivity contribution in [2.75, 3.05) is 5.32 Å². The molecule has 1 N–H and O–H groups in total. The lowest BCUT2D eigenvalue weighted by Crippen LogP contribution is -2.30. The highest BCUT2D eigenvalue weighted by atomic mass is 32.2. The van der Waals surface area contributed by atoms with Gasteiger partial charge >= 0.3 is 5.69 Å². The van der Waals surface area contributed by atoms with Gasteiger partial charge in [-0.2, -0.15) is 5.10 Å². The number of fused-ring (bicyclic) bond motifs is 1. The van der Waals surface area contributed by atoms with Gasteiger partial charge in [-0.3, -0.25) is 9.36 Å². The van der Waals surface area contributed by atoms with E-state index in [-0.39, 0.29) is 18.1 Å². The van der Waals surface area contributed by atoms with Gasteiger partial charge < -0.3 is 5.32 Å². The van der Waals surface area contributed by atoms with Gasteiger partial charge in [0.2, 0.25) is 5.91 Å². The molecule has 0 aliphatic carbocycles. The van der Waals surface area contributed by atoms with E-state index in [4.69, 9.17) is 0 Å². The number of carbonyl (C=O) groups excluding carboxylic acids is 1. The van der Waals surface area contributed by atoms with Crippen LogP contribution in [0, 0.1) is 6.92 Å². The highest BCUT2D eigenvalue weighted by Crippen LogP contribution is 2.30. The molecule has 0 spiro atoms. The fraction of sp³-hybridized carbons (Fsp3) is 0.368. The molecule has 1 aliphatic heterocycles. The van der Waals surface area contributed by atoms with E-state index >= 15 is 0 Å². The van der Waals surface area contributed by atoms with E-state index in [0.29, 0.717) is 12.2 Å². The molecule has 3 aromatic rings. The van der Waals surface area contributed by atoms with Crippen molar-refractivity contribution in [3.05, 3.63) is 51.6 Å². The van der Waals surface area contributed by atoms with E-state index < -0.39 is 0 Å². The SMILES string of the molecule is Cc1csc(Sc2ccc(NC(=O)Cn3nc4n(c3=O)CCCCC4)cc2)n1. The highest BCUT2D eigenvalue weighted by Gasteiger charge is 2.17. The first-order valence-corrected chi connectivity index (χ1v) is 10.9. The Kier molecular flexibility index (Phi) is 5.63. The van der Waals surface area contributed by atoms with Crippen molar-refractivity contribution in [2.45, 2.75) is 54.9 Å². The fourth-order valence-electron chi connectivity index (χ4n) is 3.15. The van der Waals surface area contributed by atoms with Crippen molar-refractivity contribution in [3.8, 4) is 0 Å². The number of benzene rings is 1. The molecule has 0 saturated carbocycles. The van der Waals surface area contributed by atoms with E-state index in [1.807, 2.05) is 36.6 Å². The van der Waals surface area contributed by atoms with E-state index in [9.17, 15) is 9.59 Å². The zero-order valence-electron chi connectivity index (χ0n) is 15.6. The summed E-state index contributed by atoms with van der Waals surface area (Å²) >= 11 is 3.21. The molecule has 3 heterocycles. The van der Waals surface area contributed by atoms with Crippen LogP contribution < -0.4 is 11.0 Å². The number of nitrogens with one attached hydrogen (secondary N) is 1. The summed E-state index contributed by atoms with van der Waals surface area (Å²) in [6.45, 7) is 2.59. The fourth-order valence-corrected chi connectivity index (χ4v) is 4.96. The zero-order chi connectivity index (χ0) is 19.5. The van der Waals surface area contributed by atoms with E-state index in [2.05, 4.69) is 15.4 Å². The number of rotatable bonds is 5. The first-order chi connectivity index (χ1) is 13.6. The summed E-state index contributed by atoms with van der Waals surface area (Å²) in [7, 11) is 0. The molecule has 2 aromatic heterocycles. The molecule has 0 fully saturated rings. The van der Waals surface area contributed by atoms with Gasteiger partial charge in [0.05, 0.1) is 0 Å². The highest BCUT2D eigenvalue weighted by molar-refractivity contribution is 8.01. The molecular formula is C19H21N5O2S2. The summed E-state index contributed by atoms with van der Waals surface area (Å²) in [4.78, 5) is 30.3. The monoisotopic (exact) mass is 415 g/mol. The Balaban J connectivity index is 1.38. The Bertz CT molecular complexity index is 1040. The Morgan fingerprint density at radius 2 is 2.07 bits per heavy atom. The Morgan fingerprint density at radius 1 is 1.25 bits per heavy atom. The van der Waals surface area contributed by atoms with Crippen LogP contribution in [0.1, 0.15) is 30.8 Å². The zero-order valence-corrected chi connectivity index (χ0v) is 17.2. The first kappa shape index (κ1) is 18.9. The molecule has 0 unspecified atom stereocenters. The van der Waals surface area contributed by atoms with Crippen molar-refractivity contribution in [1.82, 2.24) is 19.3 Å². The molecule has 1 aromatic carbocycles. The van der Waals surface area contributed by atoms with Gasteiger partial charge in [0, 0.05) is 34.6 Å². The third kappa shape index (κ3) is 4.36. The standard InChI is InChI=1S/C19H21N5O2S2/c1-13-12-27-18(20-13)28-15-8-6-14(7-9-15)21-17(25)11-24-19(26)23-10-4-2-3-5-16(23)22-24/h6-9,12H,2-5,10-11H2,1H3,(H,21,25). The van der Waals surface area contributed by atoms with Crippen LogP contribution in [0.3, 0.4) is 0 Å². The predicted molar refractivity (Wildman–Crippen MR) is 110 cm³/mol. The largest absolute Gasteiger partial charge is 0.346 e. The number of hydrogen-bond acceptors (Lipinski definition) is 6. The number of aromatic nitrogens is 4. The molecule has 1 amide bonds. The molecule has 0 radical (unpaired) electrons. The Morgan fingerprint density at radius 3 is 2.82 bits per heavy atom. The lowest BCUT2D eigenvalue weighted by Gasteiger charge is -2.06. The minimum Gasteiger partial charge on any atom is -0.324 e. The number of aryl methyl sites for hydroxylation is 2. The molecule has 7 nitrogen and oxygen atoms in total. The second kappa shape index (κ2) is 8.32. The van der Waals surface area contributed by atoms with Crippen LogP contribution in [0.4, 0.5) is 5.69 Å². The summed E-state index contributed by atoms with van der Waals surface area (Å²) in [5.41, 5.74) is 1.51. The summed E-state index contributed by atoms with van der Waals surface area (Å²) in [6.07, 6.45) is 3.92. The number of thiazole rings is 1. The maximum absolute atomic E-state index is 12.4. The first-order valence-electron chi connectivity index (χ1n) is 9.25. The van der Waals surface area contributed by atoms with Gasteiger partial charge in [-0.05, 0) is 44.0 Å². The van der Waals surface area contributed by atoms with Crippen LogP contribution in [0.2, 0.25) is 0 Å². The van der Waals surface area contributed by atoms with Crippen LogP contribution in [-0.4, -0.2) is 25.2 Å². The third-order valence-corrected chi connectivity index (χ3v) is 6.58. The second-order valence-electron chi connectivity index (χ2n) is 6.75. The maximum atomic E-state index is 12.4. The minimum absolute atomic E-state index is 0.0757. The molecule has 28 heavy (non-hydrogen) atoms. The topological polar surface area (TPSA) is 81.8 Å². The van der Waals surface area contributed by atoms with Crippen LogP contribution in [0.5, 0.6) is 0 Å². The van der Waals surface area contributed by atoms with Gasteiger partial charge in [-0.25, -0.2) is 14.5 Å². The van der Waals surface area contributed by atoms with Crippen molar-refractivity contribution in [2.24, 2.45) is 0 Å². The Labute approximate surface area is 170 Å². The molecule has 1 aliphatic rings. The maximum Gasteiger partial charge on any atom is 0.346 e. The summed E-state index contributed by atoms with van der Waals surface area (Å²) in [5.74, 6) is 0.528. The molecule has 0 atom stereocenters. The molecule has 0 saturated heterocycles. The van der Waals surface area contributed by atoms with Crippen molar-refractivity contribution >= 4 is 34.7 Å². The van der Waals surface area contributed by atoms with E-state index in [1.165, 1.54) is 4.68 Å². The van der Waals surface area contributed by atoms with E-state index in [1.54, 1.807) is 27.7 Å². The molecule has 4 rings (SSSR count). The second-order valence-corrected chi connectivity index (χ2v) is 8.93. The molecular weight excluding hydrogens is 394 g/mol. The lowest BCUT2D eigenvalue weighted by molar-refractivity contribution is -0.117. The van der Waals surface area contributed by atoms with Gasteiger partial charge in [0.1, 0.15) is 12.4 Å². The number of nitrogens with zero attached hydrogens (tertiary/aromatic N) is 4. The number of hydrogen-bond donors (Lipinski definition) is 1. The minimum atomic E-state index is -0.258. The van der Waals surface area contributed by atoms with Gasteiger partial charge in [0.25, 0.3) is 0 Å². The van der Waals surface area contributed by atoms with Gasteiger partial charge in [0.15, 0.2) is 4.34 Å². The molecule has 146 valence electrons. The quantitative estimate of drug-likeness (QED) is 0.691. The molecule has 9 heteroatoms. The average Bonchev–Trinajstić information content (AvgIpc) is 3.10. The summed E-state index contributed by atoms with van der Waals surface area (Å²) in [6, 6.07) is 7.60.